The highest BCUT2D eigenvalue weighted by Crippen LogP contribution is 1.63. The molecule has 2 N–H and O–H groups in total. The van der Waals surface area contributed by atoms with Gasteiger partial charge in [0.05, 0.1) is 0 Å². The normalized spacial score (nSPS) is 9.45. The Hall–Kier alpha value is -0.860. The van der Waals surface area contributed by atoms with Crippen LogP contribution in [0.4, 0.5) is 0 Å². The summed E-state index contributed by atoms with van der Waals surface area (Å²) in [6, 6.07) is 0. The largest absolute Gasteiger partial charge is 0.368 e. The van der Waals surface area contributed by atoms with E-state index in [0.717, 1.165) is 0 Å². The predicted octanol–water partition coefficient (Wildman–Crippen LogP) is 2.07. The summed E-state index contributed by atoms with van der Waals surface area (Å²) in [5, 5.41) is 0. The molecule has 0 aliphatic heterocycles. The van der Waals surface area contributed by atoms with Crippen molar-refractivity contribution < 1.29 is 0 Å². The van der Waals surface area contributed by atoms with Gasteiger partial charge in [-0.3, -0.25) is 4.99 Å². The molecule has 0 atom stereocenters. The zero-order chi connectivity index (χ0) is 9.70. The number of nitrogens with zero attached hydrogens (tertiary/aromatic N) is 2. The fourth-order valence-electron chi connectivity index (χ4n) is 0.190. The van der Waals surface area contributed by atoms with Gasteiger partial charge < -0.3 is 5.73 Å². The van der Waals surface area contributed by atoms with E-state index in [0.29, 0.717) is 5.96 Å². The molecule has 0 aliphatic rings. The number of rotatable bonds is 0. The SMILES string of the molecule is C/C=N\C(N)=NC.CC.CC. The van der Waals surface area contributed by atoms with Crippen LogP contribution in [0.5, 0.6) is 0 Å². The Morgan fingerprint density at radius 2 is 1.55 bits per heavy atom. The Bertz CT molecular complexity index is 95.5. The van der Waals surface area contributed by atoms with Gasteiger partial charge in [0, 0.05) is 13.3 Å². The summed E-state index contributed by atoms with van der Waals surface area (Å²) in [6.45, 7) is 9.79. The van der Waals surface area contributed by atoms with Gasteiger partial charge in [0.15, 0.2) is 0 Å². The second-order valence-electron chi connectivity index (χ2n) is 0.969. The predicted molar refractivity (Wildman–Crippen MR) is 54.4 cm³/mol. The van der Waals surface area contributed by atoms with Crippen molar-refractivity contribution in [2.24, 2.45) is 15.7 Å². The number of aliphatic imine (C=N–C) groups is 2. The molecule has 0 spiro atoms. The number of hydrogen-bond donors (Lipinski definition) is 1. The van der Waals surface area contributed by atoms with Crippen LogP contribution >= 0.6 is 0 Å². The lowest BCUT2D eigenvalue weighted by Crippen LogP contribution is -2.06. The molecule has 0 fully saturated rings. The van der Waals surface area contributed by atoms with Crippen molar-refractivity contribution in [2.75, 3.05) is 7.05 Å². The molecule has 0 aromatic rings. The van der Waals surface area contributed by atoms with E-state index in [1.807, 2.05) is 27.7 Å². The molecule has 0 aliphatic carbocycles. The first kappa shape index (κ1) is 16.6. The summed E-state index contributed by atoms with van der Waals surface area (Å²) in [5.74, 6) is 0.322. The zero-order valence-corrected chi connectivity index (χ0v) is 8.55. The first-order chi connectivity index (χ1) is 5.31. The number of guanidine groups is 1. The number of hydrogen-bond acceptors (Lipinski definition) is 1. The highest BCUT2D eigenvalue weighted by molar-refractivity contribution is 5.85. The molecule has 0 rings (SSSR count). The quantitative estimate of drug-likeness (QED) is 0.427. The summed E-state index contributed by atoms with van der Waals surface area (Å²) >= 11 is 0. The van der Waals surface area contributed by atoms with Crippen molar-refractivity contribution in [3.05, 3.63) is 0 Å². The van der Waals surface area contributed by atoms with Gasteiger partial charge in [0.2, 0.25) is 5.96 Å². The molecule has 0 radical (unpaired) electrons. The lowest BCUT2D eigenvalue weighted by atomic mass is 10.8. The minimum atomic E-state index is 0.322. The van der Waals surface area contributed by atoms with Crippen LogP contribution in [0.25, 0.3) is 0 Å². The summed E-state index contributed by atoms with van der Waals surface area (Å²) in [5.41, 5.74) is 5.14. The molecule has 0 saturated heterocycles. The topological polar surface area (TPSA) is 50.7 Å². The first-order valence-corrected chi connectivity index (χ1v) is 4.02. The Morgan fingerprint density at radius 1 is 1.18 bits per heavy atom. The molecule has 3 nitrogen and oxygen atoms in total. The maximum Gasteiger partial charge on any atom is 0.214 e. The van der Waals surface area contributed by atoms with E-state index in [4.69, 9.17) is 5.73 Å². The average Bonchev–Trinajstić information content (AvgIpc) is 2.12. The zero-order valence-electron chi connectivity index (χ0n) is 8.55. The van der Waals surface area contributed by atoms with Crippen molar-refractivity contribution >= 4 is 12.2 Å². The summed E-state index contributed by atoms with van der Waals surface area (Å²) in [4.78, 5) is 7.22. The molecule has 0 aromatic heterocycles. The lowest BCUT2D eigenvalue weighted by molar-refractivity contribution is 1.36. The van der Waals surface area contributed by atoms with Crippen LogP contribution in [0.3, 0.4) is 0 Å². The molecule has 0 bridgehead atoms. The van der Waals surface area contributed by atoms with Crippen LogP contribution in [0, 0.1) is 0 Å². The van der Waals surface area contributed by atoms with Crippen LogP contribution in [-0.4, -0.2) is 19.2 Å². The van der Waals surface area contributed by atoms with Gasteiger partial charge in [0.25, 0.3) is 0 Å². The van der Waals surface area contributed by atoms with Crippen molar-refractivity contribution in [3.8, 4) is 0 Å². The molecule has 0 saturated carbocycles. The van der Waals surface area contributed by atoms with E-state index >= 15 is 0 Å². The van der Waals surface area contributed by atoms with Gasteiger partial charge in [-0.05, 0) is 6.92 Å². The molecule has 11 heavy (non-hydrogen) atoms. The third kappa shape index (κ3) is 27.2. The fourth-order valence-corrected chi connectivity index (χ4v) is 0.190. The van der Waals surface area contributed by atoms with Crippen molar-refractivity contribution in [3.63, 3.8) is 0 Å². The van der Waals surface area contributed by atoms with E-state index in [1.54, 1.807) is 20.2 Å². The van der Waals surface area contributed by atoms with Crippen molar-refractivity contribution in [1.29, 1.82) is 0 Å². The van der Waals surface area contributed by atoms with Crippen LogP contribution in [0.1, 0.15) is 34.6 Å². The Labute approximate surface area is 70.4 Å². The summed E-state index contributed by atoms with van der Waals surface area (Å²) in [7, 11) is 1.60. The molecular formula is C8H21N3. The van der Waals surface area contributed by atoms with E-state index in [2.05, 4.69) is 9.98 Å². The standard InChI is InChI=1S/C4H9N3.2C2H6/c1-3-7-4(5)6-2;2*1-2/h3H,1-2H3,(H2,5,6);2*1-2H3/b7-3-;;. The van der Waals surface area contributed by atoms with Crippen LogP contribution < -0.4 is 5.73 Å². The van der Waals surface area contributed by atoms with Crippen LogP contribution in [0.2, 0.25) is 0 Å². The van der Waals surface area contributed by atoms with E-state index in [9.17, 15) is 0 Å². The lowest BCUT2D eigenvalue weighted by Gasteiger charge is -1.81. The molecule has 0 aromatic carbocycles. The van der Waals surface area contributed by atoms with E-state index < -0.39 is 0 Å². The Morgan fingerprint density at radius 3 is 1.64 bits per heavy atom. The third-order valence-electron chi connectivity index (χ3n) is 0.490. The Balaban J connectivity index is -0.000000138. The smallest absolute Gasteiger partial charge is 0.214 e. The summed E-state index contributed by atoms with van der Waals surface area (Å²) < 4.78 is 0. The molecule has 68 valence electrons. The monoisotopic (exact) mass is 159 g/mol. The van der Waals surface area contributed by atoms with E-state index in [-0.39, 0.29) is 0 Å². The fraction of sp³-hybridized carbons (Fsp3) is 0.750. The van der Waals surface area contributed by atoms with Gasteiger partial charge in [0.1, 0.15) is 0 Å². The maximum absolute atomic E-state index is 5.14. The van der Waals surface area contributed by atoms with Gasteiger partial charge in [-0.2, -0.15) is 0 Å². The molecule has 0 heterocycles. The highest BCUT2D eigenvalue weighted by Gasteiger charge is 1.72. The first-order valence-electron chi connectivity index (χ1n) is 4.02. The van der Waals surface area contributed by atoms with Crippen molar-refractivity contribution in [1.82, 2.24) is 0 Å². The Kier molecular flexibility index (Phi) is 34.6. The van der Waals surface area contributed by atoms with Gasteiger partial charge >= 0.3 is 0 Å². The van der Waals surface area contributed by atoms with E-state index in [1.165, 1.54) is 0 Å². The van der Waals surface area contributed by atoms with Crippen LogP contribution in [-0.2, 0) is 0 Å². The summed E-state index contributed by atoms with van der Waals surface area (Å²) in [6.07, 6.45) is 1.60. The minimum Gasteiger partial charge on any atom is -0.368 e. The van der Waals surface area contributed by atoms with Gasteiger partial charge in [-0.1, -0.05) is 27.7 Å². The minimum absolute atomic E-state index is 0.322. The molecular weight excluding hydrogens is 138 g/mol. The molecule has 3 heteroatoms. The average molecular weight is 159 g/mol. The maximum atomic E-state index is 5.14. The second kappa shape index (κ2) is 22.9. The van der Waals surface area contributed by atoms with Gasteiger partial charge in [-0.25, -0.2) is 4.99 Å². The van der Waals surface area contributed by atoms with Crippen LogP contribution in [0.15, 0.2) is 9.98 Å². The third-order valence-corrected chi connectivity index (χ3v) is 0.490. The highest BCUT2D eigenvalue weighted by atomic mass is 15.0. The van der Waals surface area contributed by atoms with Crippen molar-refractivity contribution in [2.45, 2.75) is 34.6 Å². The number of nitrogens with two attached hydrogens (primary N) is 1. The molecule has 0 amide bonds. The second-order valence-corrected chi connectivity index (χ2v) is 0.969. The van der Waals surface area contributed by atoms with Gasteiger partial charge in [-0.15, -0.1) is 0 Å². The molecule has 0 unspecified atom stereocenters.